The third kappa shape index (κ3) is 8.21. The number of carbonyl (C=O) groups is 2. The van der Waals surface area contributed by atoms with Crippen molar-refractivity contribution in [3.05, 3.63) is 51.5 Å². The number of nitriles is 1. The molecule has 0 aliphatic carbocycles. The minimum absolute atomic E-state index is 0.0741. The lowest BCUT2D eigenvalue weighted by atomic mass is 10.00. The van der Waals surface area contributed by atoms with Crippen LogP contribution in [0.2, 0.25) is 5.02 Å². The van der Waals surface area contributed by atoms with E-state index in [1.54, 1.807) is 25.7 Å². The van der Waals surface area contributed by atoms with E-state index in [4.69, 9.17) is 22.1 Å². The number of nitrogen functional groups attached to an aromatic ring is 1. The first kappa shape index (κ1) is 33.8. The Morgan fingerprint density at radius 3 is 2.30 bits per heavy atom. The van der Waals surface area contributed by atoms with Crippen LogP contribution in [0.3, 0.4) is 0 Å². The standard InChI is InChI=1S/C27H32ClF3N6O5S/c1-5-43(40,41)21-7-6-16(14-32)12-20(21)34-35-24(38)17-13-19(27(29,30)31)18(22(28)23(17)33)15-36-8-10-37(11-9-36)25(39)42-26(2,3)4/h6-7,12-13,34H,5,8-11,15,33H2,1-4H3,(H,35,38). The van der Waals surface area contributed by atoms with Gasteiger partial charge in [0.2, 0.25) is 0 Å². The van der Waals surface area contributed by atoms with Gasteiger partial charge in [-0.1, -0.05) is 18.5 Å². The van der Waals surface area contributed by atoms with Crippen molar-refractivity contribution in [2.45, 2.75) is 50.9 Å². The highest BCUT2D eigenvalue weighted by atomic mass is 35.5. The molecule has 11 nitrogen and oxygen atoms in total. The Hall–Kier alpha value is -3.74. The van der Waals surface area contributed by atoms with Crippen molar-refractivity contribution in [3.8, 4) is 6.07 Å². The normalized spacial score (nSPS) is 14.6. The molecule has 43 heavy (non-hydrogen) atoms. The van der Waals surface area contributed by atoms with Crippen LogP contribution < -0.4 is 16.6 Å². The zero-order valence-corrected chi connectivity index (χ0v) is 25.5. The van der Waals surface area contributed by atoms with Crippen molar-refractivity contribution < 1.29 is 35.9 Å². The molecule has 1 heterocycles. The molecule has 1 saturated heterocycles. The van der Waals surface area contributed by atoms with Crippen molar-refractivity contribution in [3.63, 3.8) is 0 Å². The predicted octanol–water partition coefficient (Wildman–Crippen LogP) is 4.42. The third-order valence-electron chi connectivity index (χ3n) is 6.50. The molecule has 0 saturated carbocycles. The number of piperazine rings is 1. The Morgan fingerprint density at radius 1 is 1.14 bits per heavy atom. The molecule has 0 spiro atoms. The maximum absolute atomic E-state index is 14.2. The number of carbonyl (C=O) groups excluding carboxylic acids is 2. The number of hydrogen-bond acceptors (Lipinski definition) is 9. The summed E-state index contributed by atoms with van der Waals surface area (Å²) in [5.41, 5.74) is 7.28. The Morgan fingerprint density at radius 2 is 1.77 bits per heavy atom. The summed E-state index contributed by atoms with van der Waals surface area (Å²) >= 11 is 6.33. The van der Waals surface area contributed by atoms with E-state index in [1.165, 1.54) is 30.0 Å². The summed E-state index contributed by atoms with van der Waals surface area (Å²) < 4.78 is 72.9. The number of nitrogens with two attached hydrogens (primary N) is 1. The van der Waals surface area contributed by atoms with E-state index in [0.717, 1.165) is 0 Å². The molecule has 0 radical (unpaired) electrons. The van der Waals surface area contributed by atoms with Gasteiger partial charge in [0.05, 0.1) is 49.8 Å². The average Bonchev–Trinajstić information content (AvgIpc) is 2.92. The summed E-state index contributed by atoms with van der Waals surface area (Å²) in [7, 11) is -3.79. The highest BCUT2D eigenvalue weighted by molar-refractivity contribution is 7.91. The van der Waals surface area contributed by atoms with Crippen LogP contribution in [-0.2, 0) is 27.3 Å². The van der Waals surface area contributed by atoms with E-state index in [9.17, 15) is 36.4 Å². The second kappa shape index (κ2) is 12.9. The molecule has 16 heteroatoms. The number of sulfone groups is 1. The van der Waals surface area contributed by atoms with Crippen LogP contribution >= 0.6 is 11.6 Å². The van der Waals surface area contributed by atoms with Gasteiger partial charge in [-0.2, -0.15) is 18.4 Å². The van der Waals surface area contributed by atoms with Crippen LogP contribution in [0, 0.1) is 11.3 Å². The van der Waals surface area contributed by atoms with E-state index < -0.39 is 55.5 Å². The van der Waals surface area contributed by atoms with Gasteiger partial charge in [-0.3, -0.25) is 20.5 Å². The molecule has 1 aliphatic heterocycles. The fourth-order valence-corrected chi connectivity index (χ4v) is 5.55. The zero-order valence-electron chi connectivity index (χ0n) is 23.9. The fraction of sp³-hybridized carbons (Fsp3) is 0.444. The topological polar surface area (TPSA) is 158 Å². The van der Waals surface area contributed by atoms with Crippen molar-refractivity contribution in [2.75, 3.05) is 43.1 Å². The molecule has 234 valence electrons. The van der Waals surface area contributed by atoms with Gasteiger partial charge in [-0.15, -0.1) is 0 Å². The zero-order chi connectivity index (χ0) is 32.3. The minimum atomic E-state index is -4.91. The van der Waals surface area contributed by atoms with Crippen LogP contribution in [-0.4, -0.2) is 67.8 Å². The first-order valence-corrected chi connectivity index (χ1v) is 15.1. The molecule has 0 atom stereocenters. The molecule has 0 bridgehead atoms. The SMILES string of the molecule is CCS(=O)(=O)c1ccc(C#N)cc1NNC(=O)c1cc(C(F)(F)F)c(CN2CCN(C(=O)OC(C)(C)C)CC2)c(Cl)c1N. The maximum atomic E-state index is 14.2. The second-order valence-corrected chi connectivity index (χ2v) is 13.3. The van der Waals surface area contributed by atoms with Crippen LogP contribution in [0.4, 0.5) is 29.3 Å². The quantitative estimate of drug-likeness (QED) is 0.293. The van der Waals surface area contributed by atoms with Crippen molar-refractivity contribution in [2.24, 2.45) is 0 Å². The van der Waals surface area contributed by atoms with Gasteiger partial charge in [0, 0.05) is 32.7 Å². The summed E-state index contributed by atoms with van der Waals surface area (Å²) in [5, 5.41) is 8.72. The smallest absolute Gasteiger partial charge is 0.416 e. The number of anilines is 2. The molecular weight excluding hydrogens is 613 g/mol. The lowest BCUT2D eigenvalue weighted by molar-refractivity contribution is -0.138. The van der Waals surface area contributed by atoms with Gasteiger partial charge >= 0.3 is 12.3 Å². The molecule has 2 aromatic carbocycles. The van der Waals surface area contributed by atoms with E-state index in [1.807, 2.05) is 6.07 Å². The molecular formula is C27H32ClF3N6O5S. The van der Waals surface area contributed by atoms with Crippen molar-refractivity contribution in [1.29, 1.82) is 5.26 Å². The minimum Gasteiger partial charge on any atom is -0.444 e. The number of hydrazine groups is 1. The number of nitrogens with zero attached hydrogens (tertiary/aromatic N) is 3. The predicted molar refractivity (Wildman–Crippen MR) is 154 cm³/mol. The Balaban J connectivity index is 1.85. The van der Waals surface area contributed by atoms with E-state index in [-0.39, 0.29) is 60.2 Å². The van der Waals surface area contributed by atoms with Crippen molar-refractivity contribution >= 4 is 44.8 Å². The Bertz CT molecular complexity index is 1550. The lowest BCUT2D eigenvalue weighted by Crippen LogP contribution is -2.49. The maximum Gasteiger partial charge on any atom is 0.416 e. The molecule has 0 unspecified atom stereocenters. The van der Waals surface area contributed by atoms with Gasteiger partial charge in [-0.25, -0.2) is 13.2 Å². The fourth-order valence-electron chi connectivity index (χ4n) is 4.26. The van der Waals surface area contributed by atoms with Crippen LogP contribution in [0.1, 0.15) is 54.7 Å². The molecule has 4 N–H and O–H groups in total. The van der Waals surface area contributed by atoms with Crippen LogP contribution in [0.5, 0.6) is 0 Å². The number of alkyl halides is 3. The molecule has 1 fully saturated rings. The Labute approximate surface area is 252 Å². The molecule has 1 aliphatic rings. The lowest BCUT2D eigenvalue weighted by Gasteiger charge is -2.36. The second-order valence-electron chi connectivity index (χ2n) is 10.7. The average molecular weight is 645 g/mol. The highest BCUT2D eigenvalue weighted by Crippen LogP contribution is 2.40. The summed E-state index contributed by atoms with van der Waals surface area (Å²) in [6.07, 6.45) is -5.43. The largest absolute Gasteiger partial charge is 0.444 e. The summed E-state index contributed by atoms with van der Waals surface area (Å²) in [6.45, 7) is 7.26. The van der Waals surface area contributed by atoms with Gasteiger partial charge in [0.15, 0.2) is 9.84 Å². The van der Waals surface area contributed by atoms with E-state index in [0.29, 0.717) is 6.07 Å². The summed E-state index contributed by atoms with van der Waals surface area (Å²) in [5.74, 6) is -1.40. The summed E-state index contributed by atoms with van der Waals surface area (Å²) in [4.78, 5) is 28.3. The highest BCUT2D eigenvalue weighted by Gasteiger charge is 2.38. The number of hydrogen-bond donors (Lipinski definition) is 3. The number of benzene rings is 2. The molecule has 2 amide bonds. The third-order valence-corrected chi connectivity index (χ3v) is 8.71. The van der Waals surface area contributed by atoms with Crippen LogP contribution in [0.25, 0.3) is 0 Å². The monoisotopic (exact) mass is 644 g/mol. The molecule has 0 aromatic heterocycles. The van der Waals surface area contributed by atoms with E-state index >= 15 is 0 Å². The number of rotatable bonds is 7. The number of halogens is 4. The number of amides is 2. The first-order valence-electron chi connectivity index (χ1n) is 13.1. The van der Waals surface area contributed by atoms with Gasteiger partial charge in [0.1, 0.15) is 5.60 Å². The van der Waals surface area contributed by atoms with Gasteiger partial charge in [0.25, 0.3) is 5.91 Å². The number of ether oxygens (including phenoxy) is 1. The van der Waals surface area contributed by atoms with Crippen molar-refractivity contribution in [1.82, 2.24) is 15.2 Å². The van der Waals surface area contributed by atoms with Gasteiger partial charge < -0.3 is 15.4 Å². The number of nitrogens with one attached hydrogen (secondary N) is 2. The first-order chi connectivity index (χ1) is 19.9. The molecule has 3 rings (SSSR count). The van der Waals surface area contributed by atoms with Crippen LogP contribution in [0.15, 0.2) is 29.2 Å². The molecule has 2 aromatic rings. The Kier molecular flexibility index (Phi) is 10.1. The summed E-state index contributed by atoms with van der Waals surface area (Å²) in [6, 6.07) is 6.06. The van der Waals surface area contributed by atoms with Gasteiger partial charge in [-0.05, 0) is 50.6 Å². The van der Waals surface area contributed by atoms with E-state index in [2.05, 4.69) is 10.9 Å².